The van der Waals surface area contributed by atoms with Crippen molar-refractivity contribution in [3.63, 3.8) is 0 Å². The summed E-state index contributed by atoms with van der Waals surface area (Å²) in [6.07, 6.45) is 0.0643. The number of carbonyl (C=O) groups is 2. The van der Waals surface area contributed by atoms with Gasteiger partial charge in [0.2, 0.25) is 0 Å². The zero-order valence-electron chi connectivity index (χ0n) is 22.5. The summed E-state index contributed by atoms with van der Waals surface area (Å²) in [4.78, 5) is 41.7. The predicted octanol–water partition coefficient (Wildman–Crippen LogP) is 6.11. The summed E-state index contributed by atoms with van der Waals surface area (Å²) in [5, 5.41) is 14.7. The largest absolute Gasteiger partial charge is 0.481 e. The second kappa shape index (κ2) is 11.8. The van der Waals surface area contributed by atoms with Crippen molar-refractivity contribution in [2.75, 3.05) is 10.6 Å². The van der Waals surface area contributed by atoms with Crippen LogP contribution in [0.5, 0.6) is 0 Å². The molecule has 4 aromatic rings. The molecule has 8 nitrogen and oxygen atoms in total. The number of amides is 2. The first-order valence-corrected chi connectivity index (χ1v) is 12.7. The molecule has 0 fully saturated rings. The van der Waals surface area contributed by atoms with Crippen molar-refractivity contribution in [2.45, 2.75) is 46.6 Å². The van der Waals surface area contributed by atoms with Crippen molar-refractivity contribution >= 4 is 23.4 Å². The number of aliphatic carboxylic acids is 1. The summed E-state index contributed by atoms with van der Waals surface area (Å²) in [5.74, 6) is -0.322. The second-order valence-corrected chi connectivity index (χ2v) is 9.72. The van der Waals surface area contributed by atoms with E-state index >= 15 is 0 Å². The molecule has 0 unspecified atom stereocenters. The lowest BCUT2D eigenvalue weighted by Crippen LogP contribution is -2.27. The molecule has 200 valence electrons. The molecule has 2 amide bonds. The van der Waals surface area contributed by atoms with Crippen LogP contribution in [0.1, 0.15) is 47.5 Å². The van der Waals surface area contributed by atoms with Gasteiger partial charge in [-0.15, -0.1) is 0 Å². The Kier molecular flexibility index (Phi) is 8.24. The lowest BCUT2D eigenvalue weighted by atomic mass is 9.97. The highest BCUT2D eigenvalue weighted by atomic mass is 16.4. The third kappa shape index (κ3) is 6.59. The number of aromatic nitrogens is 2. The topological polar surface area (TPSA) is 113 Å². The molecule has 0 aliphatic heterocycles. The van der Waals surface area contributed by atoms with Gasteiger partial charge in [0, 0.05) is 11.4 Å². The molecule has 0 saturated carbocycles. The summed E-state index contributed by atoms with van der Waals surface area (Å²) in [6, 6.07) is 21.9. The van der Waals surface area contributed by atoms with Crippen molar-refractivity contribution < 1.29 is 14.7 Å². The minimum absolute atomic E-state index is 0.0643. The van der Waals surface area contributed by atoms with Gasteiger partial charge in [-0.1, -0.05) is 61.5 Å². The first-order valence-electron chi connectivity index (χ1n) is 12.7. The van der Waals surface area contributed by atoms with Crippen molar-refractivity contribution in [1.82, 2.24) is 9.55 Å². The summed E-state index contributed by atoms with van der Waals surface area (Å²) >= 11 is 0. The van der Waals surface area contributed by atoms with Crippen molar-refractivity contribution in [1.29, 1.82) is 0 Å². The standard InChI is InChI=1S/C31H32N4O4/c1-19-7-5-6-8-27(19)34-31(39)33-26-15-13-25(14-16-26)29-21(3)32-22(4)35(30(29)38)18-23-9-11-24(12-10-23)20(2)17-28(36)37/h5-16,20H,17-18H2,1-4H3,(H,36,37)(H2,33,34,39)/t20-/m0/s1. The number of urea groups is 1. The quantitative estimate of drug-likeness (QED) is 0.258. The van der Waals surface area contributed by atoms with Crippen LogP contribution in [0.3, 0.4) is 0 Å². The van der Waals surface area contributed by atoms with E-state index < -0.39 is 5.97 Å². The van der Waals surface area contributed by atoms with Gasteiger partial charge >= 0.3 is 12.0 Å². The van der Waals surface area contributed by atoms with Crippen LogP contribution in [-0.4, -0.2) is 26.7 Å². The van der Waals surface area contributed by atoms with E-state index in [4.69, 9.17) is 5.11 Å². The lowest BCUT2D eigenvalue weighted by Gasteiger charge is -2.15. The van der Waals surface area contributed by atoms with Gasteiger partial charge in [-0.25, -0.2) is 9.78 Å². The number of nitrogens with zero attached hydrogens (tertiary/aromatic N) is 2. The Bertz CT molecular complexity index is 1560. The normalized spacial score (nSPS) is 11.6. The molecule has 0 saturated heterocycles. The Labute approximate surface area is 227 Å². The summed E-state index contributed by atoms with van der Waals surface area (Å²) in [5.41, 5.74) is 5.84. The summed E-state index contributed by atoms with van der Waals surface area (Å²) < 4.78 is 1.64. The van der Waals surface area contributed by atoms with Gasteiger partial charge < -0.3 is 15.7 Å². The number of nitrogens with one attached hydrogen (secondary N) is 2. The maximum atomic E-state index is 13.6. The molecule has 4 rings (SSSR count). The van der Waals surface area contributed by atoms with Crippen LogP contribution in [0.2, 0.25) is 0 Å². The van der Waals surface area contributed by atoms with Gasteiger partial charge in [-0.3, -0.25) is 14.2 Å². The fraction of sp³-hybridized carbons (Fsp3) is 0.226. The monoisotopic (exact) mass is 524 g/mol. The number of anilines is 2. The van der Waals surface area contributed by atoms with Crippen LogP contribution in [0.25, 0.3) is 11.1 Å². The average Bonchev–Trinajstić information content (AvgIpc) is 2.89. The molecule has 0 radical (unpaired) electrons. The summed E-state index contributed by atoms with van der Waals surface area (Å²) in [6.45, 7) is 7.77. The van der Waals surface area contributed by atoms with E-state index in [2.05, 4.69) is 15.6 Å². The highest BCUT2D eigenvalue weighted by Gasteiger charge is 2.15. The first kappa shape index (κ1) is 27.3. The van der Waals surface area contributed by atoms with E-state index in [-0.39, 0.29) is 23.9 Å². The third-order valence-corrected chi connectivity index (χ3v) is 6.74. The molecule has 0 bridgehead atoms. The highest BCUT2D eigenvalue weighted by molar-refractivity contribution is 6.00. The lowest BCUT2D eigenvalue weighted by molar-refractivity contribution is -0.137. The number of carboxylic acid groups (broad SMARTS) is 1. The number of benzene rings is 3. The van der Waals surface area contributed by atoms with Crippen molar-refractivity contribution in [3.8, 4) is 11.1 Å². The van der Waals surface area contributed by atoms with Gasteiger partial charge in [-0.2, -0.15) is 0 Å². The minimum atomic E-state index is -0.832. The number of aryl methyl sites for hydroxylation is 3. The van der Waals surface area contributed by atoms with Gasteiger partial charge in [-0.05, 0) is 67.1 Å². The van der Waals surface area contributed by atoms with Crippen LogP contribution in [0, 0.1) is 20.8 Å². The molecule has 3 aromatic carbocycles. The van der Waals surface area contributed by atoms with Crippen LogP contribution in [-0.2, 0) is 11.3 Å². The Morgan fingerprint density at radius 2 is 1.59 bits per heavy atom. The molecule has 1 heterocycles. The van der Waals surface area contributed by atoms with Crippen LogP contribution in [0.4, 0.5) is 16.2 Å². The van der Waals surface area contributed by atoms with Crippen LogP contribution < -0.4 is 16.2 Å². The Morgan fingerprint density at radius 1 is 0.923 bits per heavy atom. The second-order valence-electron chi connectivity index (χ2n) is 9.72. The van der Waals surface area contributed by atoms with E-state index in [1.807, 2.05) is 76.2 Å². The van der Waals surface area contributed by atoms with Crippen LogP contribution in [0.15, 0.2) is 77.6 Å². The number of hydrogen-bond acceptors (Lipinski definition) is 4. The van der Waals surface area contributed by atoms with Gasteiger partial charge in [0.25, 0.3) is 5.56 Å². The predicted molar refractivity (Wildman–Crippen MR) is 153 cm³/mol. The first-order chi connectivity index (χ1) is 18.6. The van der Waals surface area contributed by atoms with E-state index in [0.29, 0.717) is 34.9 Å². The highest BCUT2D eigenvalue weighted by Crippen LogP contribution is 2.23. The zero-order chi connectivity index (χ0) is 28.1. The Morgan fingerprint density at radius 3 is 2.23 bits per heavy atom. The van der Waals surface area contributed by atoms with E-state index in [0.717, 1.165) is 22.4 Å². The van der Waals surface area contributed by atoms with Crippen molar-refractivity contribution in [2.24, 2.45) is 0 Å². The molecular formula is C31H32N4O4. The molecule has 0 spiro atoms. The number of para-hydroxylation sites is 1. The molecule has 8 heteroatoms. The number of carbonyl (C=O) groups excluding carboxylic acids is 1. The molecule has 3 N–H and O–H groups in total. The van der Waals surface area contributed by atoms with E-state index in [9.17, 15) is 14.4 Å². The fourth-order valence-electron chi connectivity index (χ4n) is 4.55. The number of hydrogen-bond donors (Lipinski definition) is 3. The van der Waals surface area contributed by atoms with Gasteiger partial charge in [0.15, 0.2) is 0 Å². The van der Waals surface area contributed by atoms with Crippen molar-refractivity contribution in [3.05, 3.63) is 111 Å². The van der Waals surface area contributed by atoms with E-state index in [1.165, 1.54) is 0 Å². The third-order valence-electron chi connectivity index (χ3n) is 6.74. The Balaban J connectivity index is 1.52. The maximum absolute atomic E-state index is 13.6. The fourth-order valence-corrected chi connectivity index (χ4v) is 4.55. The number of rotatable bonds is 8. The van der Waals surface area contributed by atoms with Crippen LogP contribution >= 0.6 is 0 Å². The zero-order valence-corrected chi connectivity index (χ0v) is 22.5. The average molecular weight is 525 g/mol. The minimum Gasteiger partial charge on any atom is -0.481 e. The molecule has 0 aliphatic rings. The summed E-state index contributed by atoms with van der Waals surface area (Å²) in [7, 11) is 0. The molecular weight excluding hydrogens is 492 g/mol. The Hall–Kier alpha value is -4.72. The maximum Gasteiger partial charge on any atom is 0.323 e. The molecule has 1 atom stereocenters. The number of carboxylic acids is 1. The molecule has 1 aromatic heterocycles. The van der Waals surface area contributed by atoms with Gasteiger partial charge in [0.05, 0.1) is 24.2 Å². The SMILES string of the molecule is Cc1ccccc1NC(=O)Nc1ccc(-c2c(C)nc(C)n(Cc3ccc([C@@H](C)CC(=O)O)cc3)c2=O)cc1. The molecule has 0 aliphatic carbocycles. The molecule has 39 heavy (non-hydrogen) atoms. The van der Waals surface area contributed by atoms with Gasteiger partial charge in [0.1, 0.15) is 5.82 Å². The smallest absolute Gasteiger partial charge is 0.323 e. The van der Waals surface area contributed by atoms with E-state index in [1.54, 1.807) is 28.8 Å².